The average Bonchev–Trinajstić information content (AvgIpc) is 3.33. The number of hydrogen-bond donors (Lipinski definition) is 2. The van der Waals surface area contributed by atoms with Gasteiger partial charge in [0.1, 0.15) is 0 Å². The number of hydrogen-bond acceptors (Lipinski definition) is 4. The van der Waals surface area contributed by atoms with E-state index in [9.17, 15) is 19.8 Å². The Kier molecular flexibility index (Phi) is 7.31. The quantitative estimate of drug-likeness (QED) is 0.296. The summed E-state index contributed by atoms with van der Waals surface area (Å²) in [6.45, 7) is 9.93. The number of allylic oxidation sites excluding steroid dienone is 1. The fraction of sp³-hybridized carbons (Fsp3) is 0.714. The van der Waals surface area contributed by atoms with Crippen LogP contribution >= 0.6 is 0 Å². The molecule has 10 atom stereocenters. The molecule has 5 nitrogen and oxygen atoms in total. The molecule has 40 heavy (non-hydrogen) atoms. The summed E-state index contributed by atoms with van der Waals surface area (Å²) in [5.74, 6) is 2.61. The van der Waals surface area contributed by atoms with E-state index in [4.69, 9.17) is 0 Å². The van der Waals surface area contributed by atoms with E-state index in [-0.39, 0.29) is 40.8 Å². The third-order valence-corrected chi connectivity index (χ3v) is 12.5. The van der Waals surface area contributed by atoms with Gasteiger partial charge in [0.05, 0.1) is 23.3 Å². The van der Waals surface area contributed by atoms with Crippen LogP contribution in [0.4, 0.5) is 0 Å². The molecule has 2 N–H and O–H groups in total. The molecule has 0 radical (unpaired) electrons. The summed E-state index contributed by atoms with van der Waals surface area (Å²) in [6, 6.07) is 7.13. The molecule has 2 amide bonds. The van der Waals surface area contributed by atoms with Gasteiger partial charge >= 0.3 is 0 Å². The first kappa shape index (κ1) is 28.2. The molecule has 5 unspecified atom stereocenters. The number of fused-ring (bicyclic) bond motifs is 6. The first-order valence-corrected chi connectivity index (χ1v) is 16.1. The van der Waals surface area contributed by atoms with Crippen molar-refractivity contribution in [2.75, 3.05) is 6.54 Å². The smallest absolute Gasteiger partial charge is 0.261 e. The van der Waals surface area contributed by atoms with E-state index in [0.29, 0.717) is 47.3 Å². The third-order valence-electron chi connectivity index (χ3n) is 12.5. The van der Waals surface area contributed by atoms with Crippen LogP contribution < -0.4 is 0 Å². The monoisotopic (exact) mass is 547 g/mol. The minimum absolute atomic E-state index is 0.160. The van der Waals surface area contributed by atoms with Crippen molar-refractivity contribution >= 4 is 11.8 Å². The van der Waals surface area contributed by atoms with E-state index >= 15 is 0 Å². The van der Waals surface area contributed by atoms with Gasteiger partial charge in [0.15, 0.2) is 0 Å². The van der Waals surface area contributed by atoms with Crippen LogP contribution in [0, 0.1) is 46.3 Å². The summed E-state index contributed by atoms with van der Waals surface area (Å²) >= 11 is 0. The van der Waals surface area contributed by atoms with Crippen LogP contribution in [0.25, 0.3) is 0 Å². The highest BCUT2D eigenvalue weighted by molar-refractivity contribution is 6.21. The van der Waals surface area contributed by atoms with Gasteiger partial charge in [-0.3, -0.25) is 14.5 Å². The summed E-state index contributed by atoms with van der Waals surface area (Å²) in [6.07, 6.45) is 12.6. The van der Waals surface area contributed by atoms with E-state index in [2.05, 4.69) is 33.8 Å². The molecule has 0 bridgehead atoms. The van der Waals surface area contributed by atoms with Gasteiger partial charge in [-0.2, -0.15) is 0 Å². The maximum atomic E-state index is 12.8. The van der Waals surface area contributed by atoms with Crippen molar-refractivity contribution in [3.63, 3.8) is 0 Å². The molecule has 1 heterocycles. The van der Waals surface area contributed by atoms with Crippen molar-refractivity contribution in [3.05, 3.63) is 47.0 Å². The molecule has 1 aliphatic heterocycles. The van der Waals surface area contributed by atoms with Gasteiger partial charge in [-0.05, 0) is 110 Å². The Morgan fingerprint density at radius 3 is 2.38 bits per heavy atom. The predicted molar refractivity (Wildman–Crippen MR) is 157 cm³/mol. The molecule has 4 aliphatic carbocycles. The van der Waals surface area contributed by atoms with Gasteiger partial charge in [0.25, 0.3) is 11.8 Å². The van der Waals surface area contributed by atoms with E-state index in [1.54, 1.807) is 12.1 Å². The molecule has 1 aromatic carbocycles. The largest absolute Gasteiger partial charge is 0.393 e. The van der Waals surface area contributed by atoms with Gasteiger partial charge in [-0.1, -0.05) is 64.3 Å². The van der Waals surface area contributed by atoms with Crippen molar-refractivity contribution in [1.29, 1.82) is 0 Å². The zero-order valence-electron chi connectivity index (χ0n) is 24.9. The normalized spacial score (nSPS) is 40.1. The maximum Gasteiger partial charge on any atom is 0.261 e. The number of amides is 2. The molecule has 6 rings (SSSR count). The number of aliphatic hydroxyl groups is 2. The highest BCUT2D eigenvalue weighted by atomic mass is 16.3. The third kappa shape index (κ3) is 4.42. The second-order valence-electron chi connectivity index (χ2n) is 14.8. The van der Waals surface area contributed by atoms with Crippen molar-refractivity contribution < 1.29 is 19.8 Å². The molecule has 5 aliphatic rings. The predicted octanol–water partition coefficient (Wildman–Crippen LogP) is 6.64. The molecule has 0 aromatic heterocycles. The Bertz CT molecular complexity index is 1160. The molecule has 218 valence electrons. The van der Waals surface area contributed by atoms with Crippen LogP contribution in [0.15, 0.2) is 35.9 Å². The highest BCUT2D eigenvalue weighted by Crippen LogP contribution is 2.67. The lowest BCUT2D eigenvalue weighted by Crippen LogP contribution is -2.51. The first-order valence-electron chi connectivity index (χ1n) is 16.1. The molecule has 0 spiro atoms. The average molecular weight is 548 g/mol. The topological polar surface area (TPSA) is 77.8 Å². The highest BCUT2D eigenvalue weighted by Gasteiger charge is 2.61. The van der Waals surface area contributed by atoms with Crippen molar-refractivity contribution in [3.8, 4) is 0 Å². The number of carbonyl (C=O) groups excluding carboxylic acids is 2. The number of imide groups is 1. The molecule has 3 fully saturated rings. The van der Waals surface area contributed by atoms with Crippen LogP contribution in [0.2, 0.25) is 0 Å². The van der Waals surface area contributed by atoms with E-state index in [1.165, 1.54) is 23.3 Å². The molecule has 5 heteroatoms. The number of carbonyl (C=O) groups is 2. The molecule has 3 saturated carbocycles. The van der Waals surface area contributed by atoms with Crippen molar-refractivity contribution in [1.82, 2.24) is 4.90 Å². The Hall–Kier alpha value is -1.98. The fourth-order valence-electron chi connectivity index (χ4n) is 10.5. The summed E-state index contributed by atoms with van der Waals surface area (Å²) in [4.78, 5) is 27.0. The van der Waals surface area contributed by atoms with Crippen LogP contribution in [-0.4, -0.2) is 45.7 Å². The zero-order valence-corrected chi connectivity index (χ0v) is 24.9. The van der Waals surface area contributed by atoms with Crippen LogP contribution in [0.3, 0.4) is 0 Å². The second-order valence-corrected chi connectivity index (χ2v) is 14.8. The first-order chi connectivity index (χ1) is 19.0. The van der Waals surface area contributed by atoms with Crippen molar-refractivity contribution in [2.45, 2.75) is 104 Å². The van der Waals surface area contributed by atoms with Gasteiger partial charge in [0, 0.05) is 6.54 Å². The number of rotatable bonds is 7. The minimum Gasteiger partial charge on any atom is -0.393 e. The van der Waals surface area contributed by atoms with Crippen LogP contribution in [0.1, 0.15) is 113 Å². The molecule has 0 saturated heterocycles. The lowest BCUT2D eigenvalue weighted by atomic mass is 9.47. The van der Waals surface area contributed by atoms with Gasteiger partial charge in [-0.25, -0.2) is 0 Å². The lowest BCUT2D eigenvalue weighted by molar-refractivity contribution is -0.0620. The Morgan fingerprint density at radius 1 is 0.975 bits per heavy atom. The standard InChI is InChI=1S/C35H49NO4/c1-21(20-36-32(39)25-10-5-6-11-26(25)33(36)40)8-7-9-22(2)31-30(38)19-29-27-13-12-23-18-24(37)14-16-34(23,3)28(27)15-17-35(29,31)4/h5-6,10-12,21-22,24,27-31,37-38H,7-9,13-20H2,1-4H3/t21-,22-,24+,27?,28?,29?,30?,31?,34+,35+/m1/s1. The number of benzene rings is 1. The van der Waals surface area contributed by atoms with E-state index in [1.807, 2.05) is 12.1 Å². The fourth-order valence-corrected chi connectivity index (χ4v) is 10.5. The van der Waals surface area contributed by atoms with Crippen LogP contribution in [0.5, 0.6) is 0 Å². The minimum atomic E-state index is -0.231. The Balaban J connectivity index is 1.06. The SMILES string of the molecule is C[C@H](CCC[C@@H](C)C1C(O)CC2C3CC=C4C[C@@H](O)CC[C@]4(C)C3CC[C@@]21C)CN1C(=O)c2ccccc2C1=O. The van der Waals surface area contributed by atoms with Gasteiger partial charge in [0.2, 0.25) is 0 Å². The summed E-state index contributed by atoms with van der Waals surface area (Å²) in [7, 11) is 0. The maximum absolute atomic E-state index is 12.8. The molecular formula is C35H49NO4. The lowest BCUT2D eigenvalue weighted by Gasteiger charge is -2.58. The summed E-state index contributed by atoms with van der Waals surface area (Å²) in [5, 5.41) is 21.8. The van der Waals surface area contributed by atoms with Crippen LogP contribution in [-0.2, 0) is 0 Å². The van der Waals surface area contributed by atoms with Gasteiger partial charge in [-0.15, -0.1) is 0 Å². The van der Waals surface area contributed by atoms with E-state index in [0.717, 1.165) is 51.4 Å². The zero-order chi connectivity index (χ0) is 28.4. The van der Waals surface area contributed by atoms with E-state index < -0.39 is 0 Å². The second kappa shape index (κ2) is 10.4. The number of aliphatic hydroxyl groups excluding tert-OH is 2. The summed E-state index contributed by atoms with van der Waals surface area (Å²) < 4.78 is 0. The Morgan fingerprint density at radius 2 is 1.68 bits per heavy atom. The summed E-state index contributed by atoms with van der Waals surface area (Å²) in [5.41, 5.74) is 2.98. The number of nitrogens with zero attached hydrogens (tertiary/aromatic N) is 1. The van der Waals surface area contributed by atoms with Crippen molar-refractivity contribution in [2.24, 2.45) is 46.3 Å². The Labute approximate surface area is 240 Å². The van der Waals surface area contributed by atoms with Gasteiger partial charge < -0.3 is 10.2 Å². The molecular weight excluding hydrogens is 498 g/mol. The molecule has 1 aromatic rings.